The smallest absolute Gasteiger partial charge is 0.335 e. The summed E-state index contributed by atoms with van der Waals surface area (Å²) in [6, 6.07) is -1.11. The summed E-state index contributed by atoms with van der Waals surface area (Å²) in [5, 5.41) is 456. The molecule has 12 saturated heterocycles. The van der Waals surface area contributed by atoms with Crippen LogP contribution in [0.3, 0.4) is 0 Å². The molecule has 75 heteroatoms. The van der Waals surface area contributed by atoms with Crippen LogP contribution in [-0.4, -0.2) is 674 Å². The molecular weight excluding hydrogens is 2110 g/mol. The van der Waals surface area contributed by atoms with Crippen LogP contribution in [0.4, 0.5) is 13.5 Å². The lowest BCUT2D eigenvalue weighted by Crippen LogP contribution is -2.59. The van der Waals surface area contributed by atoms with E-state index in [-0.39, 0.29) is 48.1 Å². The van der Waals surface area contributed by atoms with Gasteiger partial charge in [-0.15, -0.1) is 11.6 Å². The number of aliphatic hydroxyl groups excluding tert-OH is 49. The molecule has 12 rings (SSSR count). The summed E-state index contributed by atoms with van der Waals surface area (Å²) in [5.74, 6) is -1.23. The van der Waals surface area contributed by atoms with E-state index < -0.39 is 388 Å². The summed E-state index contributed by atoms with van der Waals surface area (Å²) < 4.78 is 79.6. The van der Waals surface area contributed by atoms with E-state index in [1.54, 1.807) is 0 Å². The van der Waals surface area contributed by atoms with Crippen molar-refractivity contribution in [3.63, 3.8) is 0 Å². The van der Waals surface area contributed by atoms with Gasteiger partial charge in [0.1, 0.15) is 214 Å². The number of halogens is 4. The van der Waals surface area contributed by atoms with Gasteiger partial charge in [-0.25, -0.2) is 13.6 Å². The van der Waals surface area contributed by atoms with E-state index in [0.29, 0.717) is 0 Å². The van der Waals surface area contributed by atoms with Crippen LogP contribution in [0.25, 0.3) is 20.9 Å². The molecular formula is C72H138ClF3N6O63S2. The first kappa shape index (κ1) is 143. The molecule has 12 fully saturated rings. The second kappa shape index (κ2) is 69.5. The molecule has 147 heavy (non-hydrogen) atoms. The number of carboxylic acids is 1. The van der Waals surface area contributed by atoms with E-state index in [9.17, 15) is 44.2 Å². The summed E-state index contributed by atoms with van der Waals surface area (Å²) in [5.41, 5.74) is 16.2. The lowest BCUT2D eigenvalue weighted by atomic mass is 9.97. The van der Waals surface area contributed by atoms with Gasteiger partial charge >= 0.3 is 5.97 Å². The van der Waals surface area contributed by atoms with Gasteiger partial charge in [-0.05, 0) is 24.9 Å². The molecule has 12 aliphatic rings. The van der Waals surface area contributed by atoms with Gasteiger partial charge in [0.05, 0.1) is 99.8 Å². The summed E-state index contributed by atoms with van der Waals surface area (Å²) in [6.45, 7) is 0.969. The summed E-state index contributed by atoms with van der Waals surface area (Å²) in [6.07, 6.45) is -80.0. The molecule has 0 aromatic rings. The van der Waals surface area contributed by atoms with E-state index in [4.69, 9.17) is 276 Å². The van der Waals surface area contributed by atoms with Crippen LogP contribution in [0.15, 0.2) is 10.2 Å². The van der Waals surface area contributed by atoms with Crippen molar-refractivity contribution in [2.75, 3.05) is 50.4 Å². The number of thiol groups is 2. The highest BCUT2D eigenvalue weighted by molar-refractivity contribution is 7.80. The Labute approximate surface area is 841 Å². The molecule has 69 nitrogen and oxygen atoms in total. The zero-order chi connectivity index (χ0) is 113. The Hall–Kier alpha value is -3.57. The molecule has 12 heterocycles. The molecule has 0 aromatic carbocycles. The number of aliphatic carboxylic acids is 1. The van der Waals surface area contributed by atoms with Gasteiger partial charge < -0.3 is 312 Å². The molecule has 0 aromatic heterocycles. The maximum Gasteiger partial charge on any atom is 0.335 e. The third-order valence-electron chi connectivity index (χ3n) is 22.3. The lowest BCUT2D eigenvalue weighted by Gasteiger charge is -2.37. The van der Waals surface area contributed by atoms with Crippen molar-refractivity contribution in [1.29, 1.82) is 0 Å². The van der Waals surface area contributed by atoms with Gasteiger partial charge in [-0.3, -0.25) is 4.70 Å². The number of nitrogens with zero attached hydrogens (tertiary/aromatic N) is 6. The molecule has 12 aliphatic heterocycles. The van der Waals surface area contributed by atoms with E-state index in [1.165, 1.54) is 13.8 Å². The number of rotatable bonds is 12. The average molecular weight is 2250 g/mol. The molecule has 35 unspecified atom stereocenters. The van der Waals surface area contributed by atoms with Crippen LogP contribution in [0.2, 0.25) is 0 Å². The summed E-state index contributed by atoms with van der Waals surface area (Å²) in [4.78, 5) is 15.3. The first-order valence-electron chi connectivity index (χ1n) is 43.0. The van der Waals surface area contributed by atoms with Gasteiger partial charge in [0.25, 0.3) is 6.43 Å². The molecule has 58 atom stereocenters. The minimum atomic E-state index is -3.04. The molecule has 50 N–H and O–H groups in total. The van der Waals surface area contributed by atoms with Crippen molar-refractivity contribution in [3.05, 3.63) is 20.9 Å². The van der Waals surface area contributed by atoms with Crippen LogP contribution in [0, 0.1) is 0 Å². The van der Waals surface area contributed by atoms with Crippen LogP contribution >= 0.6 is 36.9 Å². The minimum Gasteiger partial charge on any atom is -0.479 e. The molecule has 0 bridgehead atoms. The van der Waals surface area contributed by atoms with Crippen molar-refractivity contribution in [3.8, 4) is 0 Å². The second-order valence-electron chi connectivity index (χ2n) is 32.9. The largest absolute Gasteiger partial charge is 0.479 e. The fraction of sp³-hybridized carbons (Fsp3) is 0.986. The van der Waals surface area contributed by atoms with Gasteiger partial charge in [0.2, 0.25) is 0 Å². The SMILES string of the molecule is CC1OC(O)C(O)[C@@H](O)[C@@H]1O.CC1OC(O)C(O)[C@@H](O)[C@@H]1O.F.O=C(O)C1OC(O)C(O)[C@@H](O)[C@@H]1O.OC1OC(C(F)F)[C@H](O)[C@H](O)C1O.OC1OC(CCl)[C@H](O)[C@H](O)C1O.OC1OC(CS)[C@@H](O)[C@H](O)C1O.OC1OC(CS)[C@H](O)[C@H](O)C1O.OCC1OC(O)C(O)C[C@@H]1O.OCC1OC(O)C(O)[C@@H](O)[C@@H]1O.OCC1OC(O)C[C@@H](O)[C@@H]1O.[N-]=[N+]=NCC1OC(O)C(O)[C@@H](O)[C@H]1O.[N-]=[N+]=N[C@H]1C(CO)OC(O)C(O)[C@H]1O. The number of alkyl halides is 3. The molecule has 0 spiro atoms. The maximum atomic E-state index is 12.1. The van der Waals surface area contributed by atoms with Gasteiger partial charge in [0.15, 0.2) is 81.6 Å². The monoisotopic (exact) mass is 2250 g/mol. The predicted octanol–water partition coefficient (Wildman–Crippen LogP) is -27.3. The number of hydrogen-bond donors (Lipinski definition) is 52. The standard InChI is InChI=1S/C6H11ClO5.C6H10F2O5.2C6H11N3O5.C6H10O7.C6H12O6.2C6H12O5S.4C6H12O5.FH/c7-1-2-3(8)4(9)5(10)6(11)12-2;7-5(8)4-2(10)1(9)3(11)6(12)13-4;7-9-8-3-2(1-10)14-6(13)5(12)4(3)11;7-9-8-1-2-3(10)4(11)5(12)6(13)14-2;7-1-2(8)4(5(10)11)13-6(12)3(1)9;7-1-2-3(8)4(9)5(10)6(11)12-2;2*7-3-2(1-12)11-6(10)5(9)4(3)8;7-2-4-6(10)3(8)1-5(9)11-4;7-2-5-3(8)1-4(9)6(10)11-5;2*1-2-3(7)4(8)5(9)6(10)11-2;/h2-6,8-11H,1H2;1-6,9-12H;2*2-6,10-13H,1H2;1-4,6-9,12H,(H,10,11);2-11H,1H2;2*2-10,12H,1H2;2*3-10H,1-2H2;2*2-10H,1H3;1H/t2?,3-,4-,5?,6?;1-,2+,3?,4?,6?;2*2?,3-,4-,5?,6?;1-,2-,3?,4?,6?;2*2?,3-,4+,5?,6?;2?,3-,4-,5?,6?;3-,4?,5?,6+;3-,4?,5?,6?;2*2?,3-,4+,5?,6?;/m000001101011./s1. The normalized spacial score (nSPS) is 47.2. The maximum absolute atomic E-state index is 12.1. The second-order valence-corrected chi connectivity index (χ2v) is 33.9. The zero-order valence-corrected chi connectivity index (χ0v) is 79.0. The Balaban J connectivity index is 0.00000158. The number of carbonyl (C=O) groups is 1. The van der Waals surface area contributed by atoms with E-state index in [0.717, 1.165) is 0 Å². The topological polar surface area (TPSA) is 1240 Å². The van der Waals surface area contributed by atoms with Crippen LogP contribution in [0.1, 0.15) is 26.7 Å². The summed E-state index contributed by atoms with van der Waals surface area (Å²) in [7, 11) is 0. The highest BCUT2D eigenvalue weighted by atomic mass is 35.5. The lowest BCUT2D eigenvalue weighted by molar-refractivity contribution is -0.300. The predicted molar refractivity (Wildman–Crippen MR) is 459 cm³/mol. The molecule has 0 radical (unpaired) electrons. The number of carboxylic acid groups (broad SMARTS) is 1. The fourth-order valence-corrected chi connectivity index (χ4v) is 14.0. The van der Waals surface area contributed by atoms with Crippen molar-refractivity contribution >= 4 is 42.8 Å². The van der Waals surface area contributed by atoms with Crippen molar-refractivity contribution in [2.45, 2.75) is 389 Å². The number of aliphatic hydroxyl groups is 49. The minimum absolute atomic E-state index is 0. The van der Waals surface area contributed by atoms with Crippen molar-refractivity contribution in [2.24, 2.45) is 10.2 Å². The Morgan fingerprint density at radius 1 is 0.306 bits per heavy atom. The molecule has 0 aliphatic carbocycles. The Morgan fingerprint density at radius 2 is 0.585 bits per heavy atom. The van der Waals surface area contributed by atoms with Crippen molar-refractivity contribution < 1.29 is 330 Å². The highest BCUT2D eigenvalue weighted by Crippen LogP contribution is 2.31. The van der Waals surface area contributed by atoms with Gasteiger partial charge in [-0.1, -0.05) is 10.2 Å². The van der Waals surface area contributed by atoms with E-state index >= 15 is 0 Å². The van der Waals surface area contributed by atoms with Gasteiger partial charge in [-0.2, -0.15) is 25.3 Å². The van der Waals surface area contributed by atoms with Gasteiger partial charge in [0, 0.05) is 34.2 Å². The number of azide groups is 2. The van der Waals surface area contributed by atoms with Crippen LogP contribution in [-0.2, 0) is 61.6 Å². The molecule has 874 valence electrons. The Bertz CT molecular complexity index is 3380. The Morgan fingerprint density at radius 3 is 0.925 bits per heavy atom. The van der Waals surface area contributed by atoms with Crippen molar-refractivity contribution in [1.82, 2.24) is 0 Å². The number of hydrogen-bond acceptors (Lipinski definition) is 66. The van der Waals surface area contributed by atoms with E-state index in [1.807, 2.05) is 0 Å². The van der Waals surface area contributed by atoms with Crippen LogP contribution in [0.5, 0.6) is 0 Å². The van der Waals surface area contributed by atoms with Crippen LogP contribution < -0.4 is 0 Å². The zero-order valence-electron chi connectivity index (χ0n) is 76.4. The molecule has 0 saturated carbocycles. The van der Waals surface area contributed by atoms with E-state index in [2.05, 4.69) is 73.7 Å². The first-order chi connectivity index (χ1) is 67.7. The average Bonchev–Trinajstić information content (AvgIpc) is 0.811. The third-order valence-corrected chi connectivity index (χ3v) is 23.4. The first-order valence-corrected chi connectivity index (χ1v) is 44.8. The third kappa shape index (κ3) is 42.4. The quantitative estimate of drug-likeness (QED) is 0.0284. The fourth-order valence-electron chi connectivity index (χ4n) is 13.1. The summed E-state index contributed by atoms with van der Waals surface area (Å²) >= 11 is 13.1. The molecule has 0 amide bonds. The number of ether oxygens (including phenoxy) is 12. The Kier molecular flexibility index (Phi) is 67.8. The highest BCUT2D eigenvalue weighted by Gasteiger charge is 2.53.